The summed E-state index contributed by atoms with van der Waals surface area (Å²) in [6.07, 6.45) is 9.25. The zero-order valence-electron chi connectivity index (χ0n) is 15.2. The van der Waals surface area contributed by atoms with Crippen LogP contribution < -0.4 is 0 Å². The number of tetrazole rings is 1. The van der Waals surface area contributed by atoms with Crippen molar-refractivity contribution in [2.45, 2.75) is 96.4 Å². The zero-order chi connectivity index (χ0) is 16.9. The molecule has 0 saturated heterocycles. The fourth-order valence-corrected chi connectivity index (χ4v) is 3.35. The van der Waals surface area contributed by atoms with Crippen LogP contribution in [0.4, 0.5) is 0 Å². The van der Waals surface area contributed by atoms with Gasteiger partial charge < -0.3 is 5.11 Å². The molecular weight excluding hydrogens is 290 g/mol. The molecule has 1 N–H and O–H groups in total. The third-order valence-corrected chi connectivity index (χ3v) is 5.04. The van der Waals surface area contributed by atoms with Crippen molar-refractivity contribution in [1.82, 2.24) is 25.1 Å². The summed E-state index contributed by atoms with van der Waals surface area (Å²) in [7, 11) is 2.13. The number of rotatable bonds is 8. The van der Waals surface area contributed by atoms with Crippen molar-refractivity contribution in [3.05, 3.63) is 5.82 Å². The number of nitrogens with zero attached hydrogens (tertiary/aromatic N) is 5. The van der Waals surface area contributed by atoms with Crippen molar-refractivity contribution in [2.75, 3.05) is 7.05 Å². The summed E-state index contributed by atoms with van der Waals surface area (Å²) in [5.74, 6) is 0.980. The van der Waals surface area contributed by atoms with Crippen LogP contribution in [0.25, 0.3) is 0 Å². The first kappa shape index (κ1) is 18.3. The smallest absolute Gasteiger partial charge is 0.165 e. The van der Waals surface area contributed by atoms with Crippen LogP contribution in [0.2, 0.25) is 0 Å². The summed E-state index contributed by atoms with van der Waals surface area (Å²) < 4.78 is 2.05. The first-order valence-corrected chi connectivity index (χ1v) is 9.06. The molecule has 1 fully saturated rings. The van der Waals surface area contributed by atoms with Gasteiger partial charge in [0.15, 0.2) is 5.82 Å². The normalized spacial score (nSPS) is 18.5. The second-order valence-corrected chi connectivity index (χ2v) is 7.80. The van der Waals surface area contributed by atoms with Gasteiger partial charge in [0, 0.05) is 6.04 Å². The highest BCUT2D eigenvalue weighted by Gasteiger charge is 2.22. The van der Waals surface area contributed by atoms with Gasteiger partial charge in [0.05, 0.1) is 18.2 Å². The van der Waals surface area contributed by atoms with Gasteiger partial charge in [0.25, 0.3) is 0 Å². The Morgan fingerprint density at radius 3 is 2.65 bits per heavy atom. The average Bonchev–Trinajstić information content (AvgIpc) is 2.94. The molecule has 6 nitrogen and oxygen atoms in total. The van der Waals surface area contributed by atoms with Gasteiger partial charge in [0.1, 0.15) is 0 Å². The largest absolute Gasteiger partial charge is 0.390 e. The molecule has 23 heavy (non-hydrogen) atoms. The molecule has 1 heterocycles. The van der Waals surface area contributed by atoms with Crippen LogP contribution in [0, 0.1) is 0 Å². The van der Waals surface area contributed by atoms with Crippen molar-refractivity contribution >= 4 is 0 Å². The van der Waals surface area contributed by atoms with E-state index in [-0.39, 0.29) is 0 Å². The summed E-state index contributed by atoms with van der Waals surface area (Å²) in [6.45, 7) is 6.77. The van der Waals surface area contributed by atoms with E-state index in [2.05, 4.69) is 39.1 Å². The fourth-order valence-electron chi connectivity index (χ4n) is 3.35. The maximum absolute atomic E-state index is 9.81. The van der Waals surface area contributed by atoms with Crippen LogP contribution in [0.15, 0.2) is 0 Å². The number of hydrogen-bond acceptors (Lipinski definition) is 5. The van der Waals surface area contributed by atoms with Gasteiger partial charge in [-0.15, -0.1) is 5.10 Å². The lowest BCUT2D eigenvalue weighted by atomic mass is 9.95. The third kappa shape index (κ3) is 5.84. The monoisotopic (exact) mass is 323 g/mol. The van der Waals surface area contributed by atoms with Gasteiger partial charge in [-0.1, -0.05) is 19.3 Å². The molecule has 1 saturated carbocycles. The summed E-state index contributed by atoms with van der Waals surface area (Å²) in [4.78, 5) is 2.31. The van der Waals surface area contributed by atoms with Gasteiger partial charge in [-0.25, -0.2) is 4.68 Å². The molecule has 1 unspecified atom stereocenters. The molecule has 1 atom stereocenters. The van der Waals surface area contributed by atoms with E-state index in [1.165, 1.54) is 32.1 Å². The standard InChI is InChI=1S/C17H33N5O/c1-14(9-8-12-17(2,3)23)21(4)13-16-18-19-20-22(16)15-10-6-5-7-11-15/h14-15,23H,5-13H2,1-4H3. The lowest BCUT2D eigenvalue weighted by Gasteiger charge is -2.27. The highest BCUT2D eigenvalue weighted by Crippen LogP contribution is 2.28. The number of aromatic nitrogens is 4. The molecule has 6 heteroatoms. The minimum absolute atomic E-state index is 0.453. The van der Waals surface area contributed by atoms with Crippen molar-refractivity contribution in [3.63, 3.8) is 0 Å². The summed E-state index contributed by atoms with van der Waals surface area (Å²) >= 11 is 0. The fraction of sp³-hybridized carbons (Fsp3) is 0.941. The van der Waals surface area contributed by atoms with E-state index in [9.17, 15) is 5.11 Å². The first-order valence-electron chi connectivity index (χ1n) is 9.06. The molecule has 0 aliphatic heterocycles. The summed E-state index contributed by atoms with van der Waals surface area (Å²) in [5, 5.41) is 22.2. The zero-order valence-corrected chi connectivity index (χ0v) is 15.2. The van der Waals surface area contributed by atoms with E-state index < -0.39 is 5.60 Å². The Morgan fingerprint density at radius 1 is 1.30 bits per heavy atom. The van der Waals surface area contributed by atoms with Gasteiger partial charge in [0.2, 0.25) is 0 Å². The molecule has 1 aliphatic rings. The van der Waals surface area contributed by atoms with E-state index in [4.69, 9.17) is 0 Å². The van der Waals surface area contributed by atoms with Gasteiger partial charge in [-0.05, 0) is 70.3 Å². The van der Waals surface area contributed by atoms with Crippen molar-refractivity contribution < 1.29 is 5.11 Å². The average molecular weight is 323 g/mol. The van der Waals surface area contributed by atoms with Gasteiger partial charge >= 0.3 is 0 Å². The van der Waals surface area contributed by atoms with Crippen LogP contribution >= 0.6 is 0 Å². The van der Waals surface area contributed by atoms with Gasteiger partial charge in [-0.2, -0.15) is 0 Å². The topological polar surface area (TPSA) is 67.1 Å². The molecule has 132 valence electrons. The van der Waals surface area contributed by atoms with Crippen molar-refractivity contribution in [3.8, 4) is 0 Å². The molecular formula is C17H33N5O. The molecule has 0 spiro atoms. The molecule has 0 radical (unpaired) electrons. The Kier molecular flexibility index (Phi) is 6.53. The predicted molar refractivity (Wildman–Crippen MR) is 91.0 cm³/mol. The Labute approximate surface area is 140 Å². The van der Waals surface area contributed by atoms with Crippen LogP contribution in [0.1, 0.15) is 84.0 Å². The minimum atomic E-state index is -0.566. The number of hydrogen-bond donors (Lipinski definition) is 1. The van der Waals surface area contributed by atoms with Crippen LogP contribution in [-0.4, -0.2) is 48.9 Å². The molecule has 0 amide bonds. The van der Waals surface area contributed by atoms with E-state index in [0.717, 1.165) is 31.6 Å². The Morgan fingerprint density at radius 2 is 2.00 bits per heavy atom. The molecule has 0 bridgehead atoms. The van der Waals surface area contributed by atoms with E-state index >= 15 is 0 Å². The van der Waals surface area contributed by atoms with Crippen LogP contribution in [0.5, 0.6) is 0 Å². The Balaban J connectivity index is 1.85. The maximum Gasteiger partial charge on any atom is 0.165 e. The van der Waals surface area contributed by atoms with E-state index in [1.807, 2.05) is 13.8 Å². The predicted octanol–water partition coefficient (Wildman–Crippen LogP) is 2.94. The summed E-state index contributed by atoms with van der Waals surface area (Å²) in [5.41, 5.74) is -0.566. The lowest BCUT2D eigenvalue weighted by molar-refractivity contribution is 0.0654. The Hall–Kier alpha value is -1.01. The molecule has 2 rings (SSSR count). The number of aliphatic hydroxyl groups is 1. The molecule has 0 aromatic carbocycles. The SMILES string of the molecule is CC(CCCC(C)(C)O)N(C)Cc1nnnn1C1CCCCC1. The van der Waals surface area contributed by atoms with Crippen LogP contribution in [0.3, 0.4) is 0 Å². The first-order chi connectivity index (χ1) is 10.9. The minimum Gasteiger partial charge on any atom is -0.390 e. The van der Waals surface area contributed by atoms with Crippen LogP contribution in [-0.2, 0) is 6.54 Å². The second kappa shape index (κ2) is 8.20. The third-order valence-electron chi connectivity index (χ3n) is 5.04. The summed E-state index contributed by atoms with van der Waals surface area (Å²) in [6, 6.07) is 0.932. The second-order valence-electron chi connectivity index (χ2n) is 7.80. The quantitative estimate of drug-likeness (QED) is 0.796. The molecule has 1 aromatic heterocycles. The Bertz CT molecular complexity index is 462. The highest BCUT2D eigenvalue weighted by atomic mass is 16.3. The van der Waals surface area contributed by atoms with Gasteiger partial charge in [-0.3, -0.25) is 4.90 Å². The maximum atomic E-state index is 9.81. The van der Waals surface area contributed by atoms with Crippen molar-refractivity contribution in [1.29, 1.82) is 0 Å². The van der Waals surface area contributed by atoms with E-state index in [1.54, 1.807) is 0 Å². The molecule has 1 aromatic rings. The molecule has 1 aliphatic carbocycles. The highest BCUT2D eigenvalue weighted by molar-refractivity contribution is 4.86. The van der Waals surface area contributed by atoms with Crippen molar-refractivity contribution in [2.24, 2.45) is 0 Å². The lowest BCUT2D eigenvalue weighted by Crippen LogP contribution is -2.31. The van der Waals surface area contributed by atoms with E-state index in [0.29, 0.717) is 12.1 Å².